The van der Waals surface area contributed by atoms with E-state index in [-0.39, 0.29) is 0 Å². The second-order valence-electron chi connectivity index (χ2n) is 1.06. The number of hydrogen-bond acceptors (Lipinski definition) is 7. The summed E-state index contributed by atoms with van der Waals surface area (Å²) < 4.78 is 31.6. The Balaban J connectivity index is 0.000000187. The van der Waals surface area contributed by atoms with Crippen molar-refractivity contribution in [2.45, 2.75) is 0 Å². The highest BCUT2D eigenvalue weighted by molar-refractivity contribution is 7.79. The lowest BCUT2D eigenvalue weighted by molar-refractivity contribution is 0.381. The molecule has 1 aromatic rings. The zero-order valence-corrected chi connectivity index (χ0v) is 5.75. The lowest BCUT2D eigenvalue weighted by Gasteiger charge is -1.68. The van der Waals surface area contributed by atoms with E-state index in [2.05, 4.69) is 25.8 Å². The molecule has 1 aromatic heterocycles. The van der Waals surface area contributed by atoms with E-state index in [0.29, 0.717) is 0 Å². The van der Waals surface area contributed by atoms with Gasteiger partial charge in [-0.05, 0) is 15.6 Å². The van der Waals surface area contributed by atoms with Gasteiger partial charge in [0.15, 0.2) is 6.33 Å². The van der Waals surface area contributed by atoms with Gasteiger partial charge < -0.3 is 0 Å². The SMILES string of the molecule is O=S(=O)(O)O.c1nnnnn1. The lowest BCUT2D eigenvalue weighted by atomic mass is 11.4. The molecule has 0 saturated carbocycles. The van der Waals surface area contributed by atoms with Crippen molar-refractivity contribution in [2.75, 3.05) is 0 Å². The summed E-state index contributed by atoms with van der Waals surface area (Å²) in [5.41, 5.74) is 0. The molecule has 0 bridgehead atoms. The molecular formula is CH3N5O4S. The Morgan fingerprint density at radius 2 is 1.36 bits per heavy atom. The number of nitrogens with zero attached hydrogens (tertiary/aromatic N) is 5. The fourth-order valence-corrected chi connectivity index (χ4v) is 0.133. The van der Waals surface area contributed by atoms with E-state index in [1.807, 2.05) is 0 Å². The van der Waals surface area contributed by atoms with Gasteiger partial charge in [0.25, 0.3) is 0 Å². The summed E-state index contributed by atoms with van der Waals surface area (Å²) in [6.07, 6.45) is 1.22. The Hall–Kier alpha value is -1.26. The van der Waals surface area contributed by atoms with E-state index in [1.165, 1.54) is 6.33 Å². The minimum absolute atomic E-state index is 1.22. The van der Waals surface area contributed by atoms with Crippen LogP contribution in [-0.2, 0) is 10.4 Å². The van der Waals surface area contributed by atoms with Crippen LogP contribution in [0.15, 0.2) is 6.33 Å². The summed E-state index contributed by atoms with van der Waals surface area (Å²) in [5.74, 6) is 0. The standard InChI is InChI=1S/CHN5.H2O4S/c1-2-4-6-5-3-1;1-5(2,3)4/h1H;(H2,1,2,3,4). The van der Waals surface area contributed by atoms with Crippen molar-refractivity contribution in [1.29, 1.82) is 0 Å². The highest BCUT2D eigenvalue weighted by atomic mass is 32.3. The fraction of sp³-hybridized carbons (Fsp3) is 0. The Morgan fingerprint density at radius 3 is 1.45 bits per heavy atom. The average Bonchev–Trinajstić information content (AvgIpc) is 1.88. The maximum atomic E-state index is 8.74. The van der Waals surface area contributed by atoms with Gasteiger partial charge in [-0.15, -0.1) is 10.2 Å². The zero-order valence-electron chi connectivity index (χ0n) is 4.93. The van der Waals surface area contributed by atoms with Crippen molar-refractivity contribution < 1.29 is 17.5 Å². The van der Waals surface area contributed by atoms with Gasteiger partial charge in [0.05, 0.1) is 0 Å². The normalized spacial score (nSPS) is 9.64. The monoisotopic (exact) mass is 181 g/mol. The van der Waals surface area contributed by atoms with Crippen LogP contribution in [0.1, 0.15) is 0 Å². The van der Waals surface area contributed by atoms with Crippen molar-refractivity contribution in [1.82, 2.24) is 25.8 Å². The Bertz CT molecular complexity index is 235. The maximum absolute atomic E-state index is 8.74. The molecule has 2 N–H and O–H groups in total. The van der Waals surface area contributed by atoms with Gasteiger partial charge >= 0.3 is 10.4 Å². The van der Waals surface area contributed by atoms with Crippen molar-refractivity contribution in [3.63, 3.8) is 0 Å². The van der Waals surface area contributed by atoms with Gasteiger partial charge in [0.1, 0.15) is 0 Å². The van der Waals surface area contributed by atoms with E-state index in [9.17, 15) is 0 Å². The number of rotatable bonds is 0. The van der Waals surface area contributed by atoms with E-state index in [4.69, 9.17) is 17.5 Å². The molecule has 62 valence electrons. The maximum Gasteiger partial charge on any atom is 0.394 e. The van der Waals surface area contributed by atoms with Gasteiger partial charge in [0, 0.05) is 0 Å². The van der Waals surface area contributed by atoms with Crippen LogP contribution in [0, 0.1) is 0 Å². The van der Waals surface area contributed by atoms with E-state index >= 15 is 0 Å². The fourth-order valence-electron chi connectivity index (χ4n) is 0.133. The topological polar surface area (TPSA) is 139 Å². The first-order chi connectivity index (χ1) is 5.00. The molecule has 0 spiro atoms. The van der Waals surface area contributed by atoms with Crippen LogP contribution < -0.4 is 0 Å². The van der Waals surface area contributed by atoms with Crippen molar-refractivity contribution in [3.05, 3.63) is 6.33 Å². The summed E-state index contributed by atoms with van der Waals surface area (Å²) in [5, 5.41) is 15.8. The molecular weight excluding hydrogens is 178 g/mol. The molecule has 1 heterocycles. The second-order valence-corrected chi connectivity index (χ2v) is 1.96. The highest BCUT2D eigenvalue weighted by Crippen LogP contribution is 1.59. The average molecular weight is 181 g/mol. The third kappa shape index (κ3) is 17.7. The molecule has 0 aromatic carbocycles. The largest absolute Gasteiger partial charge is 0.394 e. The van der Waals surface area contributed by atoms with Gasteiger partial charge in [-0.25, -0.2) is 0 Å². The first kappa shape index (κ1) is 9.74. The Morgan fingerprint density at radius 1 is 1.00 bits per heavy atom. The zero-order chi connectivity index (χ0) is 8.74. The Kier molecular flexibility index (Phi) is 4.02. The smallest absolute Gasteiger partial charge is 0.264 e. The van der Waals surface area contributed by atoms with E-state index < -0.39 is 10.4 Å². The second kappa shape index (κ2) is 4.54. The van der Waals surface area contributed by atoms with Gasteiger partial charge in [-0.3, -0.25) is 9.11 Å². The number of aromatic nitrogens is 5. The molecule has 0 amide bonds. The lowest BCUT2D eigenvalue weighted by Crippen LogP contribution is -1.89. The first-order valence-corrected chi connectivity index (χ1v) is 3.41. The molecule has 10 heteroatoms. The van der Waals surface area contributed by atoms with Crippen molar-refractivity contribution >= 4 is 10.4 Å². The summed E-state index contributed by atoms with van der Waals surface area (Å²) >= 11 is 0. The Labute approximate surface area is 61.0 Å². The summed E-state index contributed by atoms with van der Waals surface area (Å²) in [4.78, 5) is 0. The van der Waals surface area contributed by atoms with Crippen LogP contribution in [0.3, 0.4) is 0 Å². The van der Waals surface area contributed by atoms with Crippen molar-refractivity contribution in [2.24, 2.45) is 0 Å². The summed E-state index contributed by atoms with van der Waals surface area (Å²) in [6.45, 7) is 0. The third-order valence-corrected chi connectivity index (χ3v) is 0.287. The minimum Gasteiger partial charge on any atom is -0.264 e. The summed E-state index contributed by atoms with van der Waals surface area (Å²) in [6, 6.07) is 0. The number of hydrogen-bond donors (Lipinski definition) is 2. The molecule has 0 aliphatic rings. The van der Waals surface area contributed by atoms with Gasteiger partial charge in [0.2, 0.25) is 0 Å². The highest BCUT2D eigenvalue weighted by Gasteiger charge is 1.84. The molecule has 0 unspecified atom stereocenters. The third-order valence-electron chi connectivity index (χ3n) is 0.287. The molecule has 0 aliphatic carbocycles. The minimum atomic E-state index is -4.67. The summed E-state index contributed by atoms with van der Waals surface area (Å²) in [7, 11) is -4.67. The quantitative estimate of drug-likeness (QED) is 0.435. The van der Waals surface area contributed by atoms with Crippen LogP contribution in [0.4, 0.5) is 0 Å². The van der Waals surface area contributed by atoms with Crippen molar-refractivity contribution in [3.8, 4) is 0 Å². The van der Waals surface area contributed by atoms with Crippen LogP contribution in [0.2, 0.25) is 0 Å². The van der Waals surface area contributed by atoms with Gasteiger partial charge in [-0.2, -0.15) is 8.42 Å². The van der Waals surface area contributed by atoms with Crippen LogP contribution in [-0.4, -0.2) is 43.4 Å². The molecule has 0 radical (unpaired) electrons. The van der Waals surface area contributed by atoms with E-state index in [0.717, 1.165) is 0 Å². The molecule has 1 rings (SSSR count). The van der Waals surface area contributed by atoms with Gasteiger partial charge in [-0.1, -0.05) is 0 Å². The molecule has 0 saturated heterocycles. The predicted molar refractivity (Wildman–Crippen MR) is 29.6 cm³/mol. The van der Waals surface area contributed by atoms with Crippen LogP contribution >= 0.6 is 0 Å². The van der Waals surface area contributed by atoms with Crippen LogP contribution in [0.5, 0.6) is 0 Å². The molecule has 0 atom stereocenters. The molecule has 0 fully saturated rings. The van der Waals surface area contributed by atoms with Crippen LogP contribution in [0.25, 0.3) is 0 Å². The molecule has 11 heavy (non-hydrogen) atoms. The first-order valence-electron chi connectivity index (χ1n) is 2.01. The predicted octanol–water partition coefficient (Wildman–Crippen LogP) is -1.99. The molecule has 0 aliphatic heterocycles. The molecule has 9 nitrogen and oxygen atoms in total. The van der Waals surface area contributed by atoms with E-state index in [1.54, 1.807) is 0 Å².